The summed E-state index contributed by atoms with van der Waals surface area (Å²) in [5.41, 5.74) is -0.336. The van der Waals surface area contributed by atoms with Gasteiger partial charge in [0.2, 0.25) is 5.91 Å². The lowest BCUT2D eigenvalue weighted by Gasteiger charge is -2.14. The van der Waals surface area contributed by atoms with E-state index in [1.807, 2.05) is 0 Å². The van der Waals surface area contributed by atoms with Crippen molar-refractivity contribution < 1.29 is 14.3 Å². The molecule has 3 heterocycles. The van der Waals surface area contributed by atoms with Crippen molar-refractivity contribution in [1.29, 1.82) is 0 Å². The first-order chi connectivity index (χ1) is 15.1. The van der Waals surface area contributed by atoms with Crippen LogP contribution >= 0.6 is 0 Å². The number of benzene rings is 1. The zero-order valence-electron chi connectivity index (χ0n) is 17.1. The predicted octanol–water partition coefficient (Wildman–Crippen LogP) is 0.305. The molecule has 3 aromatic rings. The Bertz CT molecular complexity index is 1200. The van der Waals surface area contributed by atoms with E-state index in [2.05, 4.69) is 15.3 Å². The maximum Gasteiger partial charge on any atom is 0.333 e. The molecule has 1 saturated heterocycles. The Morgan fingerprint density at radius 1 is 1.19 bits per heavy atom. The molecule has 0 saturated carbocycles. The van der Waals surface area contributed by atoms with Crippen LogP contribution in [0.1, 0.15) is 18.4 Å². The van der Waals surface area contributed by atoms with Gasteiger partial charge in [-0.05, 0) is 30.5 Å². The average molecular weight is 425 g/mol. The van der Waals surface area contributed by atoms with Gasteiger partial charge < -0.3 is 14.8 Å². The fourth-order valence-electron chi connectivity index (χ4n) is 3.56. The Labute approximate surface area is 177 Å². The molecule has 10 nitrogen and oxygen atoms in total. The molecule has 31 heavy (non-hydrogen) atoms. The van der Waals surface area contributed by atoms with Crippen LogP contribution in [-0.2, 0) is 22.6 Å². The molecule has 0 bridgehead atoms. The molecule has 0 aliphatic carbocycles. The smallest absolute Gasteiger partial charge is 0.333 e. The van der Waals surface area contributed by atoms with E-state index in [1.165, 1.54) is 17.0 Å². The number of nitrogens with one attached hydrogen (secondary N) is 1. The third-order valence-corrected chi connectivity index (χ3v) is 5.20. The van der Waals surface area contributed by atoms with E-state index < -0.39 is 11.2 Å². The maximum absolute atomic E-state index is 13.2. The second kappa shape index (κ2) is 9.09. The normalized spacial score (nSPS) is 15.8. The van der Waals surface area contributed by atoms with Crippen molar-refractivity contribution in [2.75, 3.05) is 20.3 Å². The van der Waals surface area contributed by atoms with Crippen LogP contribution in [0.15, 0.2) is 46.2 Å². The number of fused-ring (bicyclic) bond motifs is 1. The SMILES string of the molecule is COc1ccc(Cn2c(=O)c3nccnc3n(CC(=O)NCC3CCCO3)c2=O)cc1. The predicted molar refractivity (Wildman–Crippen MR) is 112 cm³/mol. The first kappa shape index (κ1) is 20.7. The Kier molecular flexibility index (Phi) is 6.08. The van der Waals surface area contributed by atoms with E-state index in [0.29, 0.717) is 18.9 Å². The topological polar surface area (TPSA) is 117 Å². The molecule has 1 unspecified atom stereocenters. The second-order valence-corrected chi connectivity index (χ2v) is 7.28. The van der Waals surface area contributed by atoms with Gasteiger partial charge in [0.1, 0.15) is 12.3 Å². The summed E-state index contributed by atoms with van der Waals surface area (Å²) in [6.07, 6.45) is 4.61. The number of amides is 1. The average Bonchev–Trinajstić information content (AvgIpc) is 3.32. The molecule has 1 amide bonds. The third kappa shape index (κ3) is 4.48. The summed E-state index contributed by atoms with van der Waals surface area (Å²) in [7, 11) is 1.56. The van der Waals surface area contributed by atoms with Gasteiger partial charge in [-0.25, -0.2) is 14.8 Å². The lowest BCUT2D eigenvalue weighted by molar-refractivity contribution is -0.122. The molecule has 0 radical (unpaired) electrons. The van der Waals surface area contributed by atoms with Crippen LogP contribution < -0.4 is 21.3 Å². The first-order valence-electron chi connectivity index (χ1n) is 10.0. The summed E-state index contributed by atoms with van der Waals surface area (Å²) in [6, 6.07) is 7.03. The van der Waals surface area contributed by atoms with Gasteiger partial charge >= 0.3 is 5.69 Å². The summed E-state index contributed by atoms with van der Waals surface area (Å²) in [4.78, 5) is 46.8. The lowest BCUT2D eigenvalue weighted by Crippen LogP contribution is -2.44. The molecule has 1 atom stereocenters. The summed E-state index contributed by atoms with van der Waals surface area (Å²) in [5, 5.41) is 2.79. The third-order valence-electron chi connectivity index (χ3n) is 5.20. The molecule has 2 aromatic heterocycles. The zero-order valence-corrected chi connectivity index (χ0v) is 17.1. The Balaban J connectivity index is 1.66. The lowest BCUT2D eigenvalue weighted by atomic mass is 10.2. The van der Waals surface area contributed by atoms with Crippen LogP contribution in [0.5, 0.6) is 5.75 Å². The number of hydrogen-bond acceptors (Lipinski definition) is 7. The van der Waals surface area contributed by atoms with E-state index in [0.717, 1.165) is 23.0 Å². The number of methoxy groups -OCH3 is 1. The largest absolute Gasteiger partial charge is 0.497 e. The molecule has 1 fully saturated rings. The van der Waals surface area contributed by atoms with Gasteiger partial charge in [-0.3, -0.25) is 18.7 Å². The minimum Gasteiger partial charge on any atom is -0.497 e. The minimum absolute atomic E-state index is 0.0127. The summed E-state index contributed by atoms with van der Waals surface area (Å²) >= 11 is 0. The van der Waals surface area contributed by atoms with Crippen LogP contribution in [0.25, 0.3) is 11.2 Å². The van der Waals surface area contributed by atoms with Crippen molar-refractivity contribution in [2.24, 2.45) is 0 Å². The molecule has 1 N–H and O–H groups in total. The van der Waals surface area contributed by atoms with E-state index in [4.69, 9.17) is 9.47 Å². The Morgan fingerprint density at radius 3 is 2.68 bits per heavy atom. The van der Waals surface area contributed by atoms with Gasteiger partial charge in [0.05, 0.1) is 19.8 Å². The van der Waals surface area contributed by atoms with Gasteiger partial charge in [0.25, 0.3) is 5.56 Å². The van der Waals surface area contributed by atoms with E-state index >= 15 is 0 Å². The van der Waals surface area contributed by atoms with Crippen LogP contribution in [-0.4, -0.2) is 51.4 Å². The standard InChI is InChI=1S/C21H23N5O5/c1-30-15-6-4-14(5-7-15)12-26-20(28)18-19(23-9-8-22-18)25(21(26)29)13-17(27)24-11-16-3-2-10-31-16/h4-9,16H,2-3,10-13H2,1H3,(H,24,27). The zero-order chi connectivity index (χ0) is 21.8. The molecular weight excluding hydrogens is 402 g/mol. The van der Waals surface area contributed by atoms with Gasteiger partial charge in [-0.2, -0.15) is 0 Å². The monoisotopic (exact) mass is 425 g/mol. The summed E-state index contributed by atoms with van der Waals surface area (Å²) in [6.45, 7) is 0.828. The van der Waals surface area contributed by atoms with Crippen LogP contribution in [0.4, 0.5) is 0 Å². The molecule has 1 aliphatic rings. The number of hydrogen-bond donors (Lipinski definition) is 1. The van der Waals surface area contributed by atoms with Crippen molar-refractivity contribution in [3.63, 3.8) is 0 Å². The summed E-state index contributed by atoms with van der Waals surface area (Å²) in [5.74, 6) is 0.306. The highest BCUT2D eigenvalue weighted by molar-refractivity contribution is 5.78. The number of carbonyl (C=O) groups is 1. The highest BCUT2D eigenvalue weighted by Crippen LogP contribution is 2.12. The van der Waals surface area contributed by atoms with Crippen molar-refractivity contribution >= 4 is 17.1 Å². The van der Waals surface area contributed by atoms with Gasteiger partial charge in [0.15, 0.2) is 11.2 Å². The van der Waals surface area contributed by atoms with E-state index in [-0.39, 0.29) is 36.3 Å². The first-order valence-corrected chi connectivity index (χ1v) is 10.0. The fraction of sp³-hybridized carbons (Fsp3) is 0.381. The summed E-state index contributed by atoms with van der Waals surface area (Å²) < 4.78 is 12.9. The number of aromatic nitrogens is 4. The van der Waals surface area contributed by atoms with Gasteiger partial charge in [0, 0.05) is 25.5 Å². The van der Waals surface area contributed by atoms with Crippen LogP contribution in [0.2, 0.25) is 0 Å². The number of nitrogens with zero attached hydrogens (tertiary/aromatic N) is 4. The van der Waals surface area contributed by atoms with E-state index in [1.54, 1.807) is 31.4 Å². The molecule has 162 valence electrons. The molecule has 1 aliphatic heterocycles. The second-order valence-electron chi connectivity index (χ2n) is 7.28. The van der Waals surface area contributed by atoms with Crippen molar-refractivity contribution in [2.45, 2.75) is 32.0 Å². The Morgan fingerprint density at radius 2 is 1.97 bits per heavy atom. The highest BCUT2D eigenvalue weighted by Gasteiger charge is 2.19. The maximum atomic E-state index is 13.2. The van der Waals surface area contributed by atoms with Crippen molar-refractivity contribution in [3.8, 4) is 5.75 Å². The van der Waals surface area contributed by atoms with Gasteiger partial charge in [-0.15, -0.1) is 0 Å². The molecule has 4 rings (SSSR count). The Hall–Kier alpha value is -3.53. The number of carbonyl (C=O) groups excluding carboxylic acids is 1. The van der Waals surface area contributed by atoms with Crippen LogP contribution in [0.3, 0.4) is 0 Å². The van der Waals surface area contributed by atoms with Crippen molar-refractivity contribution in [3.05, 3.63) is 63.1 Å². The number of ether oxygens (including phenoxy) is 2. The molecule has 0 spiro atoms. The number of rotatable bonds is 7. The fourth-order valence-corrected chi connectivity index (χ4v) is 3.56. The van der Waals surface area contributed by atoms with E-state index in [9.17, 15) is 14.4 Å². The highest BCUT2D eigenvalue weighted by atomic mass is 16.5. The molecule has 1 aromatic carbocycles. The molecule has 10 heteroatoms. The van der Waals surface area contributed by atoms with Crippen molar-refractivity contribution in [1.82, 2.24) is 24.4 Å². The molecular formula is C21H23N5O5. The van der Waals surface area contributed by atoms with Crippen LogP contribution in [0, 0.1) is 0 Å². The minimum atomic E-state index is -0.624. The quantitative estimate of drug-likeness (QED) is 0.579. The van der Waals surface area contributed by atoms with Gasteiger partial charge in [-0.1, -0.05) is 12.1 Å².